The van der Waals surface area contributed by atoms with Crippen LogP contribution in [0.4, 0.5) is 0 Å². The minimum Gasteiger partial charge on any atom is -0.464 e. The predicted molar refractivity (Wildman–Crippen MR) is 134 cm³/mol. The molecule has 1 atom stereocenters. The van der Waals surface area contributed by atoms with E-state index in [1.54, 1.807) is 47.0 Å². The number of para-hydroxylation sites is 1. The van der Waals surface area contributed by atoms with E-state index in [1.165, 1.54) is 31.4 Å². The lowest BCUT2D eigenvalue weighted by Crippen LogP contribution is -2.31. The number of carbonyl (C=O) groups is 2. The molecular formula is C25H20ClN3O5S. The van der Waals surface area contributed by atoms with Crippen LogP contribution in [0, 0.1) is 0 Å². The molecule has 1 aromatic heterocycles. The molecule has 0 fully saturated rings. The van der Waals surface area contributed by atoms with Gasteiger partial charge in [0.15, 0.2) is 5.43 Å². The van der Waals surface area contributed by atoms with Gasteiger partial charge >= 0.3 is 5.97 Å². The standard InChI is InChI=1S/C25H20ClN3O5S/c1-34-25(32)22-20(14-28-24(31)15-7-10-18(11-8-15)35(27)33)23(30)19-12-9-16(26)13-21(19)29(22)17-5-3-2-4-6-17/h2-13H,14,27H2,1H3,(H,28,31). The SMILES string of the molecule is COC(=O)c1c(CNC(=O)c2ccc(S(N)=O)cc2)c(=O)c2ccc(Cl)cc2n1-c1ccccc1. The van der Waals surface area contributed by atoms with Crippen molar-refractivity contribution in [3.63, 3.8) is 0 Å². The molecule has 4 rings (SSSR count). The number of nitrogens with one attached hydrogen (secondary N) is 1. The van der Waals surface area contributed by atoms with Gasteiger partial charge in [0.25, 0.3) is 5.91 Å². The Hall–Kier alpha value is -3.79. The molecule has 3 aromatic carbocycles. The van der Waals surface area contributed by atoms with E-state index in [9.17, 15) is 18.6 Å². The van der Waals surface area contributed by atoms with Crippen LogP contribution in [0.15, 0.2) is 82.5 Å². The van der Waals surface area contributed by atoms with E-state index in [0.717, 1.165) is 0 Å². The van der Waals surface area contributed by atoms with Gasteiger partial charge in [0, 0.05) is 28.2 Å². The fourth-order valence-electron chi connectivity index (χ4n) is 3.74. The van der Waals surface area contributed by atoms with Gasteiger partial charge in [-0.1, -0.05) is 29.8 Å². The zero-order valence-corrected chi connectivity index (χ0v) is 20.1. The highest BCUT2D eigenvalue weighted by molar-refractivity contribution is 7.82. The molecule has 0 spiro atoms. The number of hydrogen-bond acceptors (Lipinski definition) is 5. The second-order valence-corrected chi connectivity index (χ2v) is 8.99. The molecule has 4 aromatic rings. The van der Waals surface area contributed by atoms with Gasteiger partial charge in [-0.2, -0.15) is 0 Å². The van der Waals surface area contributed by atoms with Crippen LogP contribution in [0.3, 0.4) is 0 Å². The van der Waals surface area contributed by atoms with Gasteiger partial charge in [-0.3, -0.25) is 9.59 Å². The normalized spacial score (nSPS) is 11.7. The number of fused-ring (bicyclic) bond motifs is 1. The number of halogens is 1. The first-order valence-electron chi connectivity index (χ1n) is 10.4. The van der Waals surface area contributed by atoms with Crippen LogP contribution in [-0.4, -0.2) is 27.8 Å². The lowest BCUT2D eigenvalue weighted by atomic mass is 10.1. The summed E-state index contributed by atoms with van der Waals surface area (Å²) in [5, 5.41) is 8.75. The van der Waals surface area contributed by atoms with Gasteiger partial charge in [0.05, 0.1) is 23.1 Å². The summed E-state index contributed by atoms with van der Waals surface area (Å²) >= 11 is 6.22. The largest absolute Gasteiger partial charge is 0.464 e. The molecule has 10 heteroatoms. The fraction of sp³-hybridized carbons (Fsp3) is 0.0800. The molecule has 1 unspecified atom stereocenters. The van der Waals surface area contributed by atoms with E-state index < -0.39 is 28.3 Å². The molecule has 0 bridgehead atoms. The van der Waals surface area contributed by atoms with Gasteiger partial charge < -0.3 is 14.6 Å². The summed E-state index contributed by atoms with van der Waals surface area (Å²) in [6.45, 7) is -0.238. The smallest absolute Gasteiger partial charge is 0.355 e. The Morgan fingerprint density at radius 2 is 1.74 bits per heavy atom. The van der Waals surface area contributed by atoms with Crippen molar-refractivity contribution in [2.24, 2.45) is 5.14 Å². The molecule has 1 amide bonds. The number of benzene rings is 3. The molecule has 0 aliphatic carbocycles. The molecule has 8 nitrogen and oxygen atoms in total. The van der Waals surface area contributed by atoms with Crippen LogP contribution < -0.4 is 15.9 Å². The van der Waals surface area contributed by atoms with Crippen molar-refractivity contribution in [3.05, 3.63) is 105 Å². The third-order valence-electron chi connectivity index (χ3n) is 5.40. The Labute approximate surface area is 207 Å². The monoisotopic (exact) mass is 509 g/mol. The molecule has 1 heterocycles. The number of aromatic nitrogens is 1. The third-order valence-corrected chi connectivity index (χ3v) is 6.37. The van der Waals surface area contributed by atoms with E-state index in [2.05, 4.69) is 5.32 Å². The van der Waals surface area contributed by atoms with Crippen molar-refractivity contribution < 1.29 is 18.5 Å². The van der Waals surface area contributed by atoms with Crippen LogP contribution in [0.5, 0.6) is 0 Å². The summed E-state index contributed by atoms with van der Waals surface area (Å²) in [6.07, 6.45) is 0. The first-order chi connectivity index (χ1) is 16.8. The summed E-state index contributed by atoms with van der Waals surface area (Å²) in [7, 11) is -0.451. The highest BCUT2D eigenvalue weighted by Gasteiger charge is 2.24. The Balaban J connectivity index is 1.85. The quantitative estimate of drug-likeness (QED) is 0.386. The van der Waals surface area contributed by atoms with Crippen molar-refractivity contribution >= 4 is 45.4 Å². The summed E-state index contributed by atoms with van der Waals surface area (Å²) in [6, 6.07) is 19.7. The summed E-state index contributed by atoms with van der Waals surface area (Å²) < 4.78 is 18.0. The molecule has 178 valence electrons. The van der Waals surface area contributed by atoms with Gasteiger partial charge in [0.1, 0.15) is 16.7 Å². The molecule has 0 saturated heterocycles. The second-order valence-electron chi connectivity index (χ2n) is 7.48. The van der Waals surface area contributed by atoms with Gasteiger partial charge in [-0.05, 0) is 54.6 Å². The molecule has 0 radical (unpaired) electrons. The summed E-state index contributed by atoms with van der Waals surface area (Å²) in [5.41, 5.74) is 0.914. The number of amides is 1. The van der Waals surface area contributed by atoms with Crippen molar-refractivity contribution in [2.45, 2.75) is 11.4 Å². The minimum atomic E-state index is -1.67. The number of hydrogen-bond donors (Lipinski definition) is 2. The van der Waals surface area contributed by atoms with Crippen LogP contribution in [0.1, 0.15) is 26.4 Å². The Morgan fingerprint density at radius 1 is 1.06 bits per heavy atom. The molecule has 0 saturated carbocycles. The Kier molecular flexibility index (Phi) is 7.11. The highest BCUT2D eigenvalue weighted by atomic mass is 35.5. The maximum Gasteiger partial charge on any atom is 0.355 e. The maximum absolute atomic E-state index is 13.5. The average molecular weight is 510 g/mol. The number of ether oxygens (including phenoxy) is 1. The molecule has 35 heavy (non-hydrogen) atoms. The Bertz CT molecular complexity index is 1520. The van der Waals surface area contributed by atoms with Crippen molar-refractivity contribution in [1.29, 1.82) is 0 Å². The number of methoxy groups -OCH3 is 1. The lowest BCUT2D eigenvalue weighted by molar-refractivity contribution is 0.0589. The zero-order valence-electron chi connectivity index (χ0n) is 18.5. The molecule has 0 aliphatic heterocycles. The number of nitrogens with two attached hydrogens (primary N) is 1. The molecule has 0 aliphatic rings. The van der Waals surface area contributed by atoms with E-state index in [4.69, 9.17) is 21.5 Å². The first kappa shape index (κ1) is 24.3. The summed E-state index contributed by atoms with van der Waals surface area (Å²) in [5.74, 6) is -1.23. The second kappa shape index (κ2) is 10.2. The number of esters is 1. The van der Waals surface area contributed by atoms with E-state index in [0.29, 0.717) is 26.5 Å². The average Bonchev–Trinajstić information content (AvgIpc) is 2.87. The molecular weight excluding hydrogens is 490 g/mol. The number of carbonyl (C=O) groups excluding carboxylic acids is 2. The summed E-state index contributed by atoms with van der Waals surface area (Å²) in [4.78, 5) is 39.6. The van der Waals surface area contributed by atoms with Crippen LogP contribution >= 0.6 is 11.6 Å². The van der Waals surface area contributed by atoms with E-state index >= 15 is 0 Å². The number of rotatable bonds is 6. The molecule has 3 N–H and O–H groups in total. The number of pyridine rings is 1. The Morgan fingerprint density at radius 3 is 2.37 bits per heavy atom. The maximum atomic E-state index is 13.5. The van der Waals surface area contributed by atoms with Crippen molar-refractivity contribution in [1.82, 2.24) is 9.88 Å². The lowest BCUT2D eigenvalue weighted by Gasteiger charge is -2.20. The van der Waals surface area contributed by atoms with Crippen LogP contribution in [-0.2, 0) is 22.3 Å². The number of nitrogens with zero attached hydrogens (tertiary/aromatic N) is 1. The van der Waals surface area contributed by atoms with Gasteiger partial charge in [0.2, 0.25) is 0 Å². The van der Waals surface area contributed by atoms with Crippen LogP contribution in [0.25, 0.3) is 16.6 Å². The van der Waals surface area contributed by atoms with E-state index in [1.807, 2.05) is 6.07 Å². The minimum absolute atomic E-state index is 0.0207. The van der Waals surface area contributed by atoms with Crippen molar-refractivity contribution in [3.8, 4) is 5.69 Å². The van der Waals surface area contributed by atoms with Crippen LogP contribution in [0.2, 0.25) is 5.02 Å². The highest BCUT2D eigenvalue weighted by Crippen LogP contribution is 2.25. The van der Waals surface area contributed by atoms with Gasteiger partial charge in [-0.25, -0.2) is 14.1 Å². The van der Waals surface area contributed by atoms with Crippen molar-refractivity contribution in [2.75, 3.05) is 7.11 Å². The van der Waals surface area contributed by atoms with E-state index in [-0.39, 0.29) is 23.4 Å². The zero-order chi connectivity index (χ0) is 25.1. The first-order valence-corrected chi connectivity index (χ1v) is 12.0. The topological polar surface area (TPSA) is 120 Å². The fourth-order valence-corrected chi connectivity index (χ4v) is 4.31. The third kappa shape index (κ3) is 4.88. The van der Waals surface area contributed by atoms with Gasteiger partial charge in [-0.15, -0.1) is 0 Å². The predicted octanol–water partition coefficient (Wildman–Crippen LogP) is 3.34.